The predicted octanol–water partition coefficient (Wildman–Crippen LogP) is 2.97. The number of carbonyl (C=O) groups is 1. The predicted molar refractivity (Wildman–Crippen MR) is 280 cm³/mol. The van der Waals surface area contributed by atoms with Crippen LogP contribution in [0.3, 0.4) is 0 Å². The maximum Gasteiger partial charge on any atom is 0.410 e. The number of hydrogen-bond donors (Lipinski definition) is 6. The summed E-state index contributed by atoms with van der Waals surface area (Å²) in [5.41, 5.74) is 3.89. The van der Waals surface area contributed by atoms with Crippen molar-refractivity contribution in [1.82, 2.24) is 49.4 Å². The number of nitrogens with one attached hydrogen (secondary N) is 4. The zero-order valence-electron chi connectivity index (χ0n) is 42.4. The molecule has 4 aliphatic heterocycles. The first-order chi connectivity index (χ1) is 36.3. The number of carbonyl (C=O) groups excluding carboxylic acids is 1. The van der Waals surface area contributed by atoms with Gasteiger partial charge >= 0.3 is 6.09 Å². The fourth-order valence-corrected chi connectivity index (χ4v) is 11.2. The fourth-order valence-electron chi connectivity index (χ4n) is 9.77. The zero-order chi connectivity index (χ0) is 52.2. The van der Waals surface area contributed by atoms with Crippen LogP contribution in [-0.2, 0) is 30.0 Å². The molecule has 0 saturated carbocycles. The first-order valence-electron chi connectivity index (χ1n) is 25.2. The van der Waals surface area contributed by atoms with Gasteiger partial charge in [-0.2, -0.15) is 0 Å². The van der Waals surface area contributed by atoms with Crippen molar-refractivity contribution in [2.75, 3.05) is 109 Å². The molecule has 6 N–H and O–H groups in total. The van der Waals surface area contributed by atoms with Crippen molar-refractivity contribution < 1.29 is 47.1 Å². The number of rotatable bonds is 21. The largest absolute Gasteiger partial charge is 0.491 e. The summed E-state index contributed by atoms with van der Waals surface area (Å²) in [5, 5.41) is 34.4. The molecule has 75 heavy (non-hydrogen) atoms. The van der Waals surface area contributed by atoms with Gasteiger partial charge in [0.25, 0.3) is 0 Å². The minimum Gasteiger partial charge on any atom is -0.491 e. The fraction of sp³-hybridized carbons (Fsp3) is 0.471. The van der Waals surface area contributed by atoms with E-state index in [0.717, 1.165) is 18.4 Å². The summed E-state index contributed by atoms with van der Waals surface area (Å²) >= 11 is 0. The van der Waals surface area contributed by atoms with Crippen molar-refractivity contribution in [2.45, 2.75) is 62.8 Å². The number of aliphatic hydroxyl groups is 2. The van der Waals surface area contributed by atoms with Crippen LogP contribution in [0, 0.1) is 13.8 Å². The number of aliphatic hydroxyl groups excluding tert-OH is 2. The minimum atomic E-state index is -4.34. The molecule has 398 valence electrons. The molecule has 5 atom stereocenters. The van der Waals surface area contributed by atoms with E-state index < -0.39 is 28.0 Å². The third-order valence-corrected chi connectivity index (χ3v) is 15.3. The second kappa shape index (κ2) is 22.6. The molecule has 0 aliphatic carbocycles. The van der Waals surface area contributed by atoms with Gasteiger partial charge in [-0.05, 0) is 70.6 Å². The Balaban J connectivity index is 1.05. The Bertz CT molecular complexity index is 3130. The van der Waals surface area contributed by atoms with E-state index in [-0.39, 0.29) is 55.5 Å². The molecule has 2 unspecified atom stereocenters. The van der Waals surface area contributed by atoms with Gasteiger partial charge in [0.05, 0.1) is 42.8 Å². The number of aromatic nitrogens is 7. The number of piperazine rings is 1. The van der Waals surface area contributed by atoms with E-state index in [2.05, 4.69) is 36.1 Å². The summed E-state index contributed by atoms with van der Waals surface area (Å²) in [7, 11) is -0.853. The summed E-state index contributed by atoms with van der Waals surface area (Å²) in [6.45, 7) is 8.34. The molecule has 0 spiro atoms. The third-order valence-electron chi connectivity index (χ3n) is 13.7. The van der Waals surface area contributed by atoms with E-state index in [4.69, 9.17) is 43.6 Å². The molecule has 0 bridgehead atoms. The van der Waals surface area contributed by atoms with Crippen molar-refractivity contribution in [1.29, 1.82) is 0 Å². The zero-order valence-corrected chi connectivity index (χ0v) is 43.2. The van der Waals surface area contributed by atoms with Gasteiger partial charge < -0.3 is 60.1 Å². The smallest absolute Gasteiger partial charge is 0.410 e. The first kappa shape index (κ1) is 51.7. The average Bonchev–Trinajstić information content (AvgIpc) is 4.26. The molecule has 4 aromatic heterocycles. The van der Waals surface area contributed by atoms with Crippen LogP contribution >= 0.6 is 0 Å². The van der Waals surface area contributed by atoms with Gasteiger partial charge in [0.2, 0.25) is 10.0 Å². The number of cyclic esters (lactones) is 1. The first-order valence-corrected chi connectivity index (χ1v) is 26.8. The van der Waals surface area contributed by atoms with E-state index in [1.807, 2.05) is 26.0 Å². The standard InChI is InChI=1S/C51H63N13O10S/c1-30-44(58-47(59-45(30)56-34-10-14-70-23-34)32-6-5-7-39(16-32)72-26-37(65)18-52-3)43-22-64(50-42(43)20-54-29-55-50)75(68,69)28-33-8-9-40(73-27-38(66)19-53-4)17-41(33)48-60-46(57-35-11-15-71-24-35)31(2)49(61-48)62-12-13-63-36(21-62)25-74-51(63)67/h5-9,16-17,20,22,29,34-38,52-53,65-66H,10-15,18-19,21,23-28H2,1-4H3,(H,56,58,59)(H,57,60,61)/t34-,35?,36+,37-,38?/m1/s1. The number of likely N-dealkylation sites (N-methyl/N-ethyl adjacent to an activating group) is 2. The van der Waals surface area contributed by atoms with Crippen LogP contribution in [-0.4, -0.2) is 187 Å². The number of amides is 1. The van der Waals surface area contributed by atoms with Crippen molar-refractivity contribution >= 4 is 44.6 Å². The molecule has 0 radical (unpaired) electrons. The molecule has 8 heterocycles. The van der Waals surface area contributed by atoms with Gasteiger partial charge in [0, 0.05) is 91.5 Å². The number of benzene rings is 2. The second-order valence-electron chi connectivity index (χ2n) is 19.2. The second-order valence-corrected chi connectivity index (χ2v) is 21.1. The molecule has 1 amide bonds. The SMILES string of the molecule is CNCC(O)COc1ccc(CS(=O)(=O)n2cc(-c3nc(-c4cccc(OC[C@H](O)CNC)c4)nc(N[C@@H]4CCOC4)c3C)c3cncnc32)c(-c2nc(NC3CCOC3)c(C)c(N3CCN4C(=O)OC[C@@H]4C3)n2)c1. The molecule has 4 saturated heterocycles. The quantitative estimate of drug-likeness (QED) is 0.0605. The Morgan fingerprint density at radius 1 is 0.813 bits per heavy atom. The van der Waals surface area contributed by atoms with Crippen LogP contribution in [0.25, 0.3) is 45.1 Å². The maximum atomic E-state index is 15.3. The number of hydrogen-bond acceptors (Lipinski definition) is 21. The monoisotopic (exact) mass is 1050 g/mol. The van der Waals surface area contributed by atoms with Gasteiger partial charge in [-0.1, -0.05) is 18.2 Å². The number of nitrogens with zero attached hydrogens (tertiary/aromatic N) is 9. The van der Waals surface area contributed by atoms with E-state index in [0.29, 0.717) is 133 Å². The lowest BCUT2D eigenvalue weighted by Gasteiger charge is -2.37. The van der Waals surface area contributed by atoms with Crippen LogP contribution in [0.1, 0.15) is 29.5 Å². The Kier molecular flexibility index (Phi) is 15.6. The Morgan fingerprint density at radius 3 is 2.20 bits per heavy atom. The summed E-state index contributed by atoms with van der Waals surface area (Å²) in [6.07, 6.45) is 4.07. The molecule has 4 fully saturated rings. The van der Waals surface area contributed by atoms with Gasteiger partial charge in [0.1, 0.15) is 67.3 Å². The molecule has 10 rings (SSSR count). The topological polar surface area (TPSA) is 275 Å². The molecule has 2 aromatic carbocycles. The van der Waals surface area contributed by atoms with Gasteiger partial charge in [0.15, 0.2) is 17.3 Å². The van der Waals surface area contributed by atoms with Gasteiger partial charge in [-0.25, -0.2) is 47.1 Å². The van der Waals surface area contributed by atoms with Crippen LogP contribution in [0.5, 0.6) is 11.5 Å². The molecular formula is C51H63N13O10S. The summed E-state index contributed by atoms with van der Waals surface area (Å²) < 4.78 is 60.6. The average molecular weight is 1050 g/mol. The van der Waals surface area contributed by atoms with Gasteiger partial charge in [-0.3, -0.25) is 4.90 Å². The highest BCUT2D eigenvalue weighted by Gasteiger charge is 2.39. The Hall–Kier alpha value is -6.80. The van der Waals surface area contributed by atoms with Crippen LogP contribution in [0.4, 0.5) is 22.2 Å². The molecule has 23 nitrogen and oxygen atoms in total. The molecule has 6 aromatic rings. The van der Waals surface area contributed by atoms with E-state index in [1.54, 1.807) is 55.5 Å². The molecule has 4 aliphatic rings. The normalized spacial score (nSPS) is 19.5. The Morgan fingerprint density at radius 2 is 1.51 bits per heavy atom. The molecular weight excluding hydrogens is 987 g/mol. The highest BCUT2D eigenvalue weighted by atomic mass is 32.2. The summed E-state index contributed by atoms with van der Waals surface area (Å²) in [5.74, 6) is 2.68. The van der Waals surface area contributed by atoms with Crippen LogP contribution in [0.2, 0.25) is 0 Å². The highest BCUT2D eigenvalue weighted by Crippen LogP contribution is 2.38. The lowest BCUT2D eigenvalue weighted by Crippen LogP contribution is -2.52. The number of ether oxygens (including phenoxy) is 5. The van der Waals surface area contributed by atoms with E-state index >= 15 is 8.42 Å². The minimum absolute atomic E-state index is 0.0213. The van der Waals surface area contributed by atoms with Crippen LogP contribution < -0.4 is 35.6 Å². The summed E-state index contributed by atoms with van der Waals surface area (Å²) in [4.78, 5) is 45.6. The third kappa shape index (κ3) is 11.4. The van der Waals surface area contributed by atoms with Gasteiger partial charge in [-0.15, -0.1) is 0 Å². The lowest BCUT2D eigenvalue weighted by atomic mass is 10.1. The maximum absolute atomic E-state index is 15.3. The molecule has 24 heteroatoms. The highest BCUT2D eigenvalue weighted by molar-refractivity contribution is 7.89. The van der Waals surface area contributed by atoms with Crippen molar-refractivity contribution in [3.05, 3.63) is 77.9 Å². The lowest BCUT2D eigenvalue weighted by molar-refractivity contribution is 0.108. The van der Waals surface area contributed by atoms with E-state index in [1.165, 1.54) is 16.5 Å². The Labute approximate surface area is 434 Å². The van der Waals surface area contributed by atoms with Crippen LogP contribution in [0.15, 0.2) is 61.2 Å². The van der Waals surface area contributed by atoms with Crippen molar-refractivity contribution in [2.24, 2.45) is 0 Å². The summed E-state index contributed by atoms with van der Waals surface area (Å²) in [6, 6.07) is 12.1. The van der Waals surface area contributed by atoms with E-state index in [9.17, 15) is 15.0 Å². The number of anilines is 3. The van der Waals surface area contributed by atoms with Crippen molar-refractivity contribution in [3.8, 4) is 45.5 Å². The number of fused-ring (bicyclic) bond motifs is 2. The van der Waals surface area contributed by atoms with Crippen molar-refractivity contribution in [3.63, 3.8) is 0 Å².